The smallest absolute Gasteiger partial charge is 0.326 e. The number of rotatable bonds is 6. The molecular weight excluding hydrogens is 422 g/mol. The lowest BCUT2D eigenvalue weighted by molar-refractivity contribution is -0.145. The second-order valence-electron chi connectivity index (χ2n) is 6.42. The lowest BCUT2D eigenvalue weighted by Gasteiger charge is -2.38. The van der Waals surface area contributed by atoms with Crippen LogP contribution >= 0.6 is 0 Å². The van der Waals surface area contributed by atoms with E-state index in [-0.39, 0.29) is 17.9 Å². The fraction of sp³-hybridized carbons (Fsp3) is 0.375. The van der Waals surface area contributed by atoms with E-state index in [0.717, 1.165) is 4.90 Å². The molecule has 0 aromatic heterocycles. The second-order valence-corrected chi connectivity index (χ2v) is 7.84. The third-order valence-corrected chi connectivity index (χ3v) is 4.87. The lowest BCUT2D eigenvalue weighted by atomic mass is 10.0. The van der Waals surface area contributed by atoms with E-state index in [1.54, 1.807) is 0 Å². The van der Waals surface area contributed by atoms with Crippen LogP contribution in [0.1, 0.15) is 11.6 Å². The Morgan fingerprint density at radius 1 is 1.23 bits per heavy atom. The van der Waals surface area contributed by atoms with Gasteiger partial charge in [-0.05, 0) is 17.7 Å². The molecule has 1 aliphatic heterocycles. The molecule has 13 nitrogen and oxygen atoms in total. The number of carbonyl (C=O) groups excluding carboxylic acids is 4. The maximum atomic E-state index is 12.7. The van der Waals surface area contributed by atoms with Crippen molar-refractivity contribution in [2.75, 3.05) is 26.5 Å². The van der Waals surface area contributed by atoms with Gasteiger partial charge in [-0.25, -0.2) is 14.5 Å². The summed E-state index contributed by atoms with van der Waals surface area (Å²) in [6.45, 7) is -0.154. The number of likely N-dealkylation sites (tertiary alicyclic amines) is 1. The van der Waals surface area contributed by atoms with E-state index < -0.39 is 52.0 Å². The lowest BCUT2D eigenvalue weighted by Crippen LogP contribution is -2.65. The molecule has 0 spiro atoms. The molecule has 1 aliphatic rings. The van der Waals surface area contributed by atoms with E-state index in [0.29, 0.717) is 4.90 Å². The molecule has 6 amide bonds. The molecule has 1 heterocycles. The van der Waals surface area contributed by atoms with Gasteiger partial charge in [-0.3, -0.25) is 14.1 Å². The summed E-state index contributed by atoms with van der Waals surface area (Å²) in [5.41, 5.74) is 0.255. The summed E-state index contributed by atoms with van der Waals surface area (Å²) < 4.78 is 30.5. The number of β-lactam (4-membered cyclic amide) rings is 1. The highest BCUT2D eigenvalue weighted by Gasteiger charge is 2.41. The van der Waals surface area contributed by atoms with Crippen LogP contribution in [0.2, 0.25) is 0 Å². The first-order chi connectivity index (χ1) is 13.9. The Bertz CT molecular complexity index is 949. The van der Waals surface area contributed by atoms with Crippen molar-refractivity contribution in [1.29, 1.82) is 0 Å². The van der Waals surface area contributed by atoms with Gasteiger partial charge in [0.05, 0.1) is 6.54 Å². The number of phenolic OH excluding ortho intramolecular Hbond substituents is 1. The van der Waals surface area contributed by atoms with Crippen LogP contribution in [0.25, 0.3) is 0 Å². The molecule has 1 aromatic carbocycles. The van der Waals surface area contributed by atoms with Crippen molar-refractivity contribution >= 4 is 34.0 Å². The molecule has 1 saturated heterocycles. The Morgan fingerprint density at radius 3 is 2.33 bits per heavy atom. The van der Waals surface area contributed by atoms with Crippen molar-refractivity contribution in [3.05, 3.63) is 29.8 Å². The predicted octanol–water partition coefficient (Wildman–Crippen LogP) is -1.41. The Morgan fingerprint density at radius 2 is 1.83 bits per heavy atom. The van der Waals surface area contributed by atoms with Gasteiger partial charge in [-0.15, -0.1) is 0 Å². The minimum absolute atomic E-state index is 0.0817. The number of nitrogens with one attached hydrogen (secondary N) is 3. The molecule has 164 valence electrons. The standard InChI is InChI=1S/C16H21N5O8S/c1-17-15(25)20(2)16(26)19-12(9-3-5-10(22)6-4-9)13(23)18-11-7-21(14(11)24)8-30(27,28)29/h3-6,11-12,22H,7-8H2,1-2H3,(H,17,25)(H,18,23)(H,19,26)(H,27,28,29). The molecule has 14 heteroatoms. The zero-order valence-corrected chi connectivity index (χ0v) is 16.8. The van der Waals surface area contributed by atoms with Gasteiger partial charge in [0.25, 0.3) is 10.1 Å². The van der Waals surface area contributed by atoms with Crippen molar-refractivity contribution < 1.29 is 37.3 Å². The SMILES string of the molecule is CNC(=O)N(C)C(=O)NC(C(=O)NC1CN(CS(=O)(=O)O)C1=O)c1ccc(O)cc1. The third kappa shape index (κ3) is 5.57. The molecular formula is C16H21N5O8S. The number of carbonyl (C=O) groups is 4. The van der Waals surface area contributed by atoms with Crippen LogP contribution in [0.4, 0.5) is 9.59 Å². The fourth-order valence-corrected chi connectivity index (χ4v) is 3.25. The molecule has 2 unspecified atom stereocenters. The maximum absolute atomic E-state index is 12.7. The first-order valence-corrected chi connectivity index (χ1v) is 10.1. The van der Waals surface area contributed by atoms with Gasteiger partial charge < -0.3 is 26.0 Å². The van der Waals surface area contributed by atoms with E-state index in [1.807, 2.05) is 0 Å². The number of aromatic hydroxyl groups is 1. The number of phenols is 1. The summed E-state index contributed by atoms with van der Waals surface area (Å²) >= 11 is 0. The minimum Gasteiger partial charge on any atom is -0.508 e. The number of amides is 6. The van der Waals surface area contributed by atoms with Crippen LogP contribution in [-0.4, -0.2) is 84.3 Å². The van der Waals surface area contributed by atoms with Crippen molar-refractivity contribution in [3.63, 3.8) is 0 Å². The van der Waals surface area contributed by atoms with E-state index in [9.17, 15) is 32.7 Å². The molecule has 1 fully saturated rings. The monoisotopic (exact) mass is 443 g/mol. The fourth-order valence-electron chi connectivity index (χ4n) is 2.62. The highest BCUT2D eigenvalue weighted by molar-refractivity contribution is 7.85. The number of urea groups is 2. The van der Waals surface area contributed by atoms with Gasteiger partial charge in [0, 0.05) is 14.1 Å². The topological polar surface area (TPSA) is 185 Å². The molecule has 0 radical (unpaired) electrons. The summed E-state index contributed by atoms with van der Waals surface area (Å²) in [6.07, 6.45) is 0. The molecule has 1 aromatic rings. The van der Waals surface area contributed by atoms with Gasteiger partial charge in [-0.1, -0.05) is 12.1 Å². The van der Waals surface area contributed by atoms with Crippen LogP contribution in [0.3, 0.4) is 0 Å². The van der Waals surface area contributed by atoms with Crippen molar-refractivity contribution in [1.82, 2.24) is 25.8 Å². The number of hydrogen-bond donors (Lipinski definition) is 5. The van der Waals surface area contributed by atoms with E-state index in [4.69, 9.17) is 4.55 Å². The highest BCUT2D eigenvalue weighted by Crippen LogP contribution is 2.19. The summed E-state index contributed by atoms with van der Waals surface area (Å²) in [4.78, 5) is 50.1. The average molecular weight is 443 g/mol. The number of benzene rings is 1. The van der Waals surface area contributed by atoms with Crippen LogP contribution in [0.15, 0.2) is 24.3 Å². The quantitative estimate of drug-likeness (QED) is 0.262. The maximum Gasteiger partial charge on any atom is 0.326 e. The summed E-state index contributed by atoms with van der Waals surface area (Å²) in [5.74, 6) is -2.50. The first-order valence-electron chi connectivity index (χ1n) is 8.52. The van der Waals surface area contributed by atoms with Gasteiger partial charge in [0.2, 0.25) is 11.8 Å². The Labute approximate surface area is 171 Å². The summed E-state index contributed by atoms with van der Waals surface area (Å²) in [5, 5.41) is 16.4. The van der Waals surface area contributed by atoms with E-state index >= 15 is 0 Å². The van der Waals surface area contributed by atoms with Gasteiger partial charge >= 0.3 is 12.1 Å². The van der Waals surface area contributed by atoms with Crippen LogP contribution in [-0.2, 0) is 19.7 Å². The second kappa shape index (κ2) is 8.96. The van der Waals surface area contributed by atoms with Gasteiger partial charge in [0.15, 0.2) is 0 Å². The van der Waals surface area contributed by atoms with Gasteiger partial charge in [-0.2, -0.15) is 8.42 Å². The number of hydrogen-bond acceptors (Lipinski definition) is 7. The Hall–Kier alpha value is -3.39. The zero-order valence-electron chi connectivity index (χ0n) is 16.0. The van der Waals surface area contributed by atoms with Crippen LogP contribution in [0, 0.1) is 0 Å². The van der Waals surface area contributed by atoms with Crippen molar-refractivity contribution in [3.8, 4) is 5.75 Å². The molecule has 5 N–H and O–H groups in total. The predicted molar refractivity (Wildman–Crippen MR) is 102 cm³/mol. The van der Waals surface area contributed by atoms with E-state index in [2.05, 4.69) is 16.0 Å². The average Bonchev–Trinajstić information content (AvgIpc) is 2.69. The normalized spacial score (nSPS) is 16.8. The van der Waals surface area contributed by atoms with E-state index in [1.165, 1.54) is 38.4 Å². The molecule has 0 bridgehead atoms. The first kappa shape index (κ1) is 22.9. The molecule has 2 rings (SSSR count). The highest BCUT2D eigenvalue weighted by atomic mass is 32.2. The Balaban J connectivity index is 2.13. The minimum atomic E-state index is -4.40. The van der Waals surface area contributed by atoms with Gasteiger partial charge in [0.1, 0.15) is 23.7 Å². The van der Waals surface area contributed by atoms with Crippen molar-refractivity contribution in [2.24, 2.45) is 0 Å². The summed E-state index contributed by atoms with van der Waals surface area (Å²) in [7, 11) is -1.90. The number of nitrogens with zero attached hydrogens (tertiary/aromatic N) is 2. The Kier molecular flexibility index (Phi) is 6.84. The van der Waals surface area contributed by atoms with Crippen molar-refractivity contribution in [2.45, 2.75) is 12.1 Å². The number of imide groups is 1. The summed E-state index contributed by atoms with van der Waals surface area (Å²) in [6, 6.07) is 1.29. The molecule has 0 saturated carbocycles. The molecule has 0 aliphatic carbocycles. The largest absolute Gasteiger partial charge is 0.508 e. The van der Waals surface area contributed by atoms with Crippen LogP contribution in [0.5, 0.6) is 5.75 Å². The third-order valence-electron chi connectivity index (χ3n) is 4.23. The zero-order chi connectivity index (χ0) is 22.6. The van der Waals surface area contributed by atoms with Crippen LogP contribution < -0.4 is 16.0 Å². The molecule has 2 atom stereocenters. The molecule has 30 heavy (non-hydrogen) atoms.